The summed E-state index contributed by atoms with van der Waals surface area (Å²) < 4.78 is 13.2. The molecule has 2 rings (SSSR count). The van der Waals surface area contributed by atoms with Crippen LogP contribution in [0.25, 0.3) is 0 Å². The van der Waals surface area contributed by atoms with Crippen LogP contribution in [0, 0.1) is 5.92 Å². The topological polar surface area (TPSA) is 12.0 Å². The smallest absolute Gasteiger partial charge is 0.118 e. The Bertz CT molecular complexity index is 137. The average Bonchev–Trinajstić information content (AvgIpc) is 2.29. The van der Waals surface area contributed by atoms with Crippen LogP contribution < -0.4 is 5.32 Å². The van der Waals surface area contributed by atoms with Crippen LogP contribution in [0.1, 0.15) is 26.2 Å². The number of hydrogen-bond acceptors (Lipinski definition) is 1. The maximum absolute atomic E-state index is 13.2. The third-order valence-electron chi connectivity index (χ3n) is 2.86. The molecule has 0 radical (unpaired) electrons. The minimum absolute atomic E-state index is 0.189. The molecule has 2 bridgehead atoms. The first kappa shape index (κ1) is 6.59. The van der Waals surface area contributed by atoms with Gasteiger partial charge in [-0.15, -0.1) is 0 Å². The first-order valence-electron chi connectivity index (χ1n) is 4.17. The van der Waals surface area contributed by atoms with Gasteiger partial charge in [0.05, 0.1) is 0 Å². The zero-order chi connectivity index (χ0) is 7.14. The molecule has 1 nitrogen and oxygen atoms in total. The third kappa shape index (κ3) is 0.858. The van der Waals surface area contributed by atoms with Crippen LogP contribution in [-0.2, 0) is 0 Å². The van der Waals surface area contributed by atoms with Crippen LogP contribution in [0.4, 0.5) is 4.39 Å². The van der Waals surface area contributed by atoms with Crippen molar-refractivity contribution in [2.24, 2.45) is 5.92 Å². The molecular weight excluding hydrogens is 129 g/mol. The van der Waals surface area contributed by atoms with Crippen molar-refractivity contribution < 1.29 is 4.39 Å². The lowest BCUT2D eigenvalue weighted by Crippen LogP contribution is -2.45. The summed E-state index contributed by atoms with van der Waals surface area (Å²) in [5.74, 6) is 0.291. The lowest BCUT2D eigenvalue weighted by Gasteiger charge is -2.30. The molecule has 0 aromatic rings. The van der Waals surface area contributed by atoms with Gasteiger partial charge in [-0.05, 0) is 25.2 Å². The monoisotopic (exact) mass is 143 g/mol. The molecule has 2 heterocycles. The summed E-state index contributed by atoms with van der Waals surface area (Å²) in [5.41, 5.74) is 0. The maximum Gasteiger partial charge on any atom is 0.118 e. The Labute approximate surface area is 61.0 Å². The molecular formula is C8H14FN. The standard InChI is InChI=1S/C8H14FN/c1-5-4-6-2-3-7(10-6)8(5)9/h5-8,10H,2-4H2,1H3/t5?,6-,7+,8-/m0/s1. The summed E-state index contributed by atoms with van der Waals surface area (Å²) in [6.45, 7) is 2.02. The van der Waals surface area contributed by atoms with Gasteiger partial charge in [-0.1, -0.05) is 6.92 Å². The van der Waals surface area contributed by atoms with Gasteiger partial charge in [0.25, 0.3) is 0 Å². The highest BCUT2D eigenvalue weighted by Crippen LogP contribution is 2.32. The van der Waals surface area contributed by atoms with Gasteiger partial charge in [-0.25, -0.2) is 4.39 Å². The molecule has 1 N–H and O–H groups in total. The Balaban J connectivity index is 2.09. The van der Waals surface area contributed by atoms with Crippen molar-refractivity contribution in [3.05, 3.63) is 0 Å². The van der Waals surface area contributed by atoms with Crippen LogP contribution in [0.2, 0.25) is 0 Å². The van der Waals surface area contributed by atoms with Crippen molar-refractivity contribution in [3.63, 3.8) is 0 Å². The van der Waals surface area contributed by atoms with Crippen LogP contribution in [0.15, 0.2) is 0 Å². The highest BCUT2D eigenvalue weighted by Gasteiger charge is 2.39. The van der Waals surface area contributed by atoms with E-state index in [-0.39, 0.29) is 6.04 Å². The molecule has 1 unspecified atom stereocenters. The molecule has 2 aliphatic heterocycles. The molecule has 2 saturated heterocycles. The fourth-order valence-corrected chi connectivity index (χ4v) is 2.26. The van der Waals surface area contributed by atoms with Crippen molar-refractivity contribution >= 4 is 0 Å². The minimum Gasteiger partial charge on any atom is -0.308 e. The molecule has 10 heavy (non-hydrogen) atoms. The largest absolute Gasteiger partial charge is 0.308 e. The zero-order valence-corrected chi connectivity index (χ0v) is 6.31. The Morgan fingerprint density at radius 2 is 2.20 bits per heavy atom. The lowest BCUT2D eigenvalue weighted by molar-refractivity contribution is 0.145. The predicted molar refractivity (Wildman–Crippen MR) is 38.6 cm³/mol. The number of halogens is 1. The second-order valence-corrected chi connectivity index (χ2v) is 3.70. The number of piperidine rings is 1. The fraction of sp³-hybridized carbons (Fsp3) is 1.00. The summed E-state index contributed by atoms with van der Waals surface area (Å²) in [5, 5.41) is 3.30. The van der Waals surface area contributed by atoms with E-state index in [9.17, 15) is 4.39 Å². The zero-order valence-electron chi connectivity index (χ0n) is 6.31. The SMILES string of the molecule is CC1C[C@@H]2CC[C@@H](N2)[C@H]1F. The van der Waals surface area contributed by atoms with Gasteiger partial charge in [0, 0.05) is 12.1 Å². The Morgan fingerprint density at radius 1 is 1.40 bits per heavy atom. The minimum atomic E-state index is -0.584. The van der Waals surface area contributed by atoms with Gasteiger partial charge in [-0.2, -0.15) is 0 Å². The molecule has 0 spiro atoms. The Hall–Kier alpha value is -0.110. The van der Waals surface area contributed by atoms with E-state index in [1.807, 2.05) is 6.92 Å². The second kappa shape index (κ2) is 2.19. The van der Waals surface area contributed by atoms with Crippen LogP contribution in [-0.4, -0.2) is 18.3 Å². The fourth-order valence-electron chi connectivity index (χ4n) is 2.26. The summed E-state index contributed by atoms with van der Waals surface area (Å²) >= 11 is 0. The molecule has 2 aliphatic rings. The Kier molecular flexibility index (Phi) is 1.44. The van der Waals surface area contributed by atoms with Gasteiger partial charge in [-0.3, -0.25) is 0 Å². The van der Waals surface area contributed by atoms with Crippen molar-refractivity contribution in [2.75, 3.05) is 0 Å². The summed E-state index contributed by atoms with van der Waals surface area (Å²) in [6.07, 6.45) is 2.70. The molecule has 0 aromatic heterocycles. The van der Waals surface area contributed by atoms with Crippen LogP contribution >= 0.6 is 0 Å². The van der Waals surface area contributed by atoms with Crippen molar-refractivity contribution in [1.82, 2.24) is 5.32 Å². The summed E-state index contributed by atoms with van der Waals surface area (Å²) in [4.78, 5) is 0. The van der Waals surface area contributed by atoms with Crippen LogP contribution in [0.3, 0.4) is 0 Å². The van der Waals surface area contributed by atoms with E-state index in [1.165, 1.54) is 6.42 Å². The van der Waals surface area contributed by atoms with E-state index in [0.29, 0.717) is 12.0 Å². The van der Waals surface area contributed by atoms with E-state index in [0.717, 1.165) is 12.8 Å². The normalized spacial score (nSPS) is 53.4. The van der Waals surface area contributed by atoms with Crippen molar-refractivity contribution in [2.45, 2.75) is 44.4 Å². The lowest BCUT2D eigenvalue weighted by atomic mass is 9.93. The van der Waals surface area contributed by atoms with Gasteiger partial charge < -0.3 is 5.32 Å². The molecule has 0 aliphatic carbocycles. The number of hydrogen-bond donors (Lipinski definition) is 1. The highest BCUT2D eigenvalue weighted by molar-refractivity contribution is 4.96. The second-order valence-electron chi connectivity index (χ2n) is 3.70. The van der Waals surface area contributed by atoms with E-state index in [1.54, 1.807) is 0 Å². The third-order valence-corrected chi connectivity index (χ3v) is 2.86. The van der Waals surface area contributed by atoms with E-state index >= 15 is 0 Å². The van der Waals surface area contributed by atoms with Gasteiger partial charge in [0.15, 0.2) is 0 Å². The quantitative estimate of drug-likeness (QED) is 0.541. The maximum atomic E-state index is 13.2. The molecule has 0 saturated carbocycles. The first-order valence-corrected chi connectivity index (χ1v) is 4.17. The van der Waals surface area contributed by atoms with Crippen molar-refractivity contribution in [3.8, 4) is 0 Å². The van der Waals surface area contributed by atoms with Gasteiger partial charge in [0.1, 0.15) is 6.17 Å². The Morgan fingerprint density at radius 3 is 3.00 bits per heavy atom. The van der Waals surface area contributed by atoms with E-state index < -0.39 is 6.17 Å². The molecule has 4 atom stereocenters. The summed E-state index contributed by atoms with van der Waals surface area (Å²) in [6, 6.07) is 0.820. The number of fused-ring (bicyclic) bond motifs is 2. The van der Waals surface area contributed by atoms with Gasteiger partial charge in [0.2, 0.25) is 0 Å². The van der Waals surface area contributed by atoms with E-state index in [4.69, 9.17) is 0 Å². The average molecular weight is 143 g/mol. The number of alkyl halides is 1. The molecule has 2 heteroatoms. The van der Waals surface area contributed by atoms with Crippen molar-refractivity contribution in [1.29, 1.82) is 0 Å². The predicted octanol–water partition coefficient (Wildman–Crippen LogP) is 1.48. The summed E-state index contributed by atoms with van der Waals surface area (Å²) in [7, 11) is 0. The highest BCUT2D eigenvalue weighted by atomic mass is 19.1. The molecule has 58 valence electrons. The molecule has 2 fully saturated rings. The van der Waals surface area contributed by atoms with E-state index in [2.05, 4.69) is 5.32 Å². The van der Waals surface area contributed by atoms with Gasteiger partial charge >= 0.3 is 0 Å². The number of nitrogens with one attached hydrogen (secondary N) is 1. The molecule has 0 aromatic carbocycles. The van der Waals surface area contributed by atoms with Crippen LogP contribution in [0.5, 0.6) is 0 Å². The first-order chi connectivity index (χ1) is 4.77. The molecule has 0 amide bonds. The number of rotatable bonds is 0.